The van der Waals surface area contributed by atoms with Gasteiger partial charge in [-0.25, -0.2) is 4.79 Å². The standard InChI is InChI=1S/C15H31NO5/c1-6-18-10-8-16(14(17)21-15(3,4)5)9-11-20-13-12-19-7-2/h6-13H2,1-5H3. The Morgan fingerprint density at radius 3 is 1.86 bits per heavy atom. The van der Waals surface area contributed by atoms with Crippen LogP contribution in [0.2, 0.25) is 0 Å². The Labute approximate surface area is 128 Å². The van der Waals surface area contributed by atoms with E-state index < -0.39 is 5.60 Å². The van der Waals surface area contributed by atoms with Crippen LogP contribution in [0.5, 0.6) is 0 Å². The summed E-state index contributed by atoms with van der Waals surface area (Å²) >= 11 is 0. The van der Waals surface area contributed by atoms with Crippen molar-refractivity contribution in [2.24, 2.45) is 0 Å². The van der Waals surface area contributed by atoms with Crippen LogP contribution < -0.4 is 0 Å². The molecule has 0 atom stereocenters. The minimum atomic E-state index is -0.503. The second kappa shape index (κ2) is 11.8. The van der Waals surface area contributed by atoms with Crippen LogP contribution in [0.15, 0.2) is 0 Å². The fraction of sp³-hybridized carbons (Fsp3) is 0.933. The lowest BCUT2D eigenvalue weighted by molar-refractivity contribution is 0.00523. The molecule has 0 saturated heterocycles. The molecule has 0 saturated carbocycles. The van der Waals surface area contributed by atoms with Crippen LogP contribution in [0, 0.1) is 0 Å². The molecule has 0 aliphatic heterocycles. The minimum absolute atomic E-state index is 0.337. The Bertz CT molecular complexity index is 265. The maximum absolute atomic E-state index is 12.1. The van der Waals surface area contributed by atoms with Crippen LogP contribution in [-0.2, 0) is 18.9 Å². The summed E-state index contributed by atoms with van der Waals surface area (Å²) in [7, 11) is 0. The zero-order valence-electron chi connectivity index (χ0n) is 14.1. The zero-order valence-corrected chi connectivity index (χ0v) is 14.1. The van der Waals surface area contributed by atoms with Crippen molar-refractivity contribution < 1.29 is 23.7 Å². The van der Waals surface area contributed by atoms with Crippen LogP contribution >= 0.6 is 0 Å². The van der Waals surface area contributed by atoms with E-state index in [9.17, 15) is 4.79 Å². The van der Waals surface area contributed by atoms with Gasteiger partial charge >= 0.3 is 6.09 Å². The van der Waals surface area contributed by atoms with E-state index in [0.717, 1.165) is 0 Å². The number of carbonyl (C=O) groups is 1. The van der Waals surface area contributed by atoms with Crippen molar-refractivity contribution >= 4 is 6.09 Å². The third-order valence-corrected chi connectivity index (χ3v) is 2.44. The largest absolute Gasteiger partial charge is 0.444 e. The summed E-state index contributed by atoms with van der Waals surface area (Å²) in [6, 6.07) is 0. The van der Waals surface area contributed by atoms with Crippen molar-refractivity contribution in [3.63, 3.8) is 0 Å². The molecule has 0 aromatic rings. The molecule has 0 rings (SSSR count). The fourth-order valence-electron chi connectivity index (χ4n) is 1.48. The van der Waals surface area contributed by atoms with Gasteiger partial charge in [0.2, 0.25) is 0 Å². The molecule has 0 unspecified atom stereocenters. The monoisotopic (exact) mass is 305 g/mol. The Kier molecular flexibility index (Phi) is 11.3. The number of hydrogen-bond acceptors (Lipinski definition) is 5. The molecule has 0 fully saturated rings. The van der Waals surface area contributed by atoms with Crippen LogP contribution in [0.25, 0.3) is 0 Å². The van der Waals surface area contributed by atoms with Gasteiger partial charge in [0, 0.05) is 26.3 Å². The van der Waals surface area contributed by atoms with Gasteiger partial charge in [0.1, 0.15) is 5.60 Å². The molecule has 0 radical (unpaired) electrons. The number of carbonyl (C=O) groups excluding carboxylic acids is 1. The summed E-state index contributed by atoms with van der Waals surface area (Å²) in [5.74, 6) is 0. The molecule has 0 aromatic carbocycles. The van der Waals surface area contributed by atoms with Crippen LogP contribution in [0.3, 0.4) is 0 Å². The predicted octanol–water partition coefficient (Wildman–Crippen LogP) is 2.31. The van der Waals surface area contributed by atoms with Crippen molar-refractivity contribution in [3.8, 4) is 0 Å². The lowest BCUT2D eigenvalue weighted by Gasteiger charge is -2.27. The topological polar surface area (TPSA) is 57.2 Å². The van der Waals surface area contributed by atoms with Crippen molar-refractivity contribution in [2.45, 2.75) is 40.2 Å². The average Bonchev–Trinajstić information content (AvgIpc) is 2.38. The second-order valence-corrected chi connectivity index (χ2v) is 5.47. The van der Waals surface area contributed by atoms with E-state index in [1.165, 1.54) is 0 Å². The Balaban J connectivity index is 4.10. The van der Waals surface area contributed by atoms with Crippen LogP contribution in [-0.4, -0.2) is 69.3 Å². The number of amides is 1. The number of hydrogen-bond donors (Lipinski definition) is 0. The quantitative estimate of drug-likeness (QED) is 0.548. The summed E-state index contributed by atoms with van der Waals surface area (Å²) in [6.07, 6.45) is -0.337. The fourth-order valence-corrected chi connectivity index (χ4v) is 1.48. The van der Waals surface area contributed by atoms with Gasteiger partial charge in [0.25, 0.3) is 0 Å². The molecule has 0 aliphatic rings. The molecule has 0 aliphatic carbocycles. The highest BCUT2D eigenvalue weighted by molar-refractivity contribution is 5.68. The van der Waals surface area contributed by atoms with Gasteiger partial charge in [-0.15, -0.1) is 0 Å². The summed E-state index contributed by atoms with van der Waals surface area (Å²) in [4.78, 5) is 13.7. The Morgan fingerprint density at radius 2 is 1.33 bits per heavy atom. The van der Waals surface area contributed by atoms with Crippen molar-refractivity contribution in [3.05, 3.63) is 0 Å². The Hall–Kier alpha value is -0.850. The molecule has 6 nitrogen and oxygen atoms in total. The smallest absolute Gasteiger partial charge is 0.410 e. The summed E-state index contributed by atoms with van der Waals surface area (Å²) in [6.45, 7) is 13.8. The van der Waals surface area contributed by atoms with E-state index in [-0.39, 0.29) is 6.09 Å². The third kappa shape index (κ3) is 12.6. The van der Waals surface area contributed by atoms with Gasteiger partial charge in [-0.2, -0.15) is 0 Å². The molecule has 0 heterocycles. The van der Waals surface area contributed by atoms with E-state index in [1.54, 1.807) is 4.90 Å². The van der Waals surface area contributed by atoms with E-state index in [2.05, 4.69) is 0 Å². The van der Waals surface area contributed by atoms with E-state index in [4.69, 9.17) is 18.9 Å². The molecule has 0 spiro atoms. The molecule has 0 bridgehead atoms. The number of rotatable bonds is 11. The van der Waals surface area contributed by atoms with E-state index in [1.807, 2.05) is 34.6 Å². The zero-order chi connectivity index (χ0) is 16.1. The van der Waals surface area contributed by atoms with Crippen molar-refractivity contribution in [1.82, 2.24) is 4.90 Å². The Morgan fingerprint density at radius 1 is 0.857 bits per heavy atom. The molecular formula is C15H31NO5. The summed E-state index contributed by atoms with van der Waals surface area (Å²) < 4.78 is 21.3. The van der Waals surface area contributed by atoms with Gasteiger partial charge in [0.15, 0.2) is 0 Å². The van der Waals surface area contributed by atoms with Crippen molar-refractivity contribution in [2.75, 3.05) is 52.7 Å². The highest BCUT2D eigenvalue weighted by Gasteiger charge is 2.21. The van der Waals surface area contributed by atoms with Crippen LogP contribution in [0.1, 0.15) is 34.6 Å². The third-order valence-electron chi connectivity index (χ3n) is 2.44. The normalized spacial score (nSPS) is 11.5. The summed E-state index contributed by atoms with van der Waals surface area (Å²) in [5.41, 5.74) is -0.503. The lowest BCUT2D eigenvalue weighted by Crippen LogP contribution is -2.40. The van der Waals surface area contributed by atoms with Gasteiger partial charge in [-0.1, -0.05) is 0 Å². The first-order valence-corrected chi connectivity index (χ1v) is 7.61. The van der Waals surface area contributed by atoms with Crippen LogP contribution in [0.4, 0.5) is 4.79 Å². The predicted molar refractivity (Wildman–Crippen MR) is 81.6 cm³/mol. The van der Waals surface area contributed by atoms with Gasteiger partial charge in [0.05, 0.1) is 26.4 Å². The first kappa shape index (κ1) is 20.1. The first-order valence-electron chi connectivity index (χ1n) is 7.61. The minimum Gasteiger partial charge on any atom is -0.444 e. The average molecular weight is 305 g/mol. The van der Waals surface area contributed by atoms with Crippen molar-refractivity contribution in [1.29, 1.82) is 0 Å². The number of ether oxygens (including phenoxy) is 4. The maximum Gasteiger partial charge on any atom is 0.410 e. The van der Waals surface area contributed by atoms with E-state index >= 15 is 0 Å². The second-order valence-electron chi connectivity index (χ2n) is 5.47. The molecule has 126 valence electrons. The molecule has 0 N–H and O–H groups in total. The number of nitrogens with zero attached hydrogens (tertiary/aromatic N) is 1. The summed E-state index contributed by atoms with van der Waals surface area (Å²) in [5, 5.41) is 0. The van der Waals surface area contributed by atoms with Gasteiger partial charge in [-0.3, -0.25) is 0 Å². The highest BCUT2D eigenvalue weighted by atomic mass is 16.6. The molecular weight excluding hydrogens is 274 g/mol. The van der Waals surface area contributed by atoms with Gasteiger partial charge in [-0.05, 0) is 34.6 Å². The highest BCUT2D eigenvalue weighted by Crippen LogP contribution is 2.09. The molecule has 0 aromatic heterocycles. The lowest BCUT2D eigenvalue weighted by atomic mass is 10.2. The first-order chi connectivity index (χ1) is 9.90. The van der Waals surface area contributed by atoms with E-state index in [0.29, 0.717) is 52.7 Å². The molecule has 21 heavy (non-hydrogen) atoms. The van der Waals surface area contributed by atoms with Gasteiger partial charge < -0.3 is 23.8 Å². The maximum atomic E-state index is 12.1. The molecule has 6 heteroatoms. The SMILES string of the molecule is CCOCCOCCN(CCOCC)C(=O)OC(C)(C)C. The molecule has 1 amide bonds.